The van der Waals surface area contributed by atoms with Crippen LogP contribution >= 0.6 is 0 Å². The Morgan fingerprint density at radius 3 is 2.73 bits per heavy atom. The Morgan fingerprint density at radius 2 is 2.05 bits per heavy atom. The first kappa shape index (κ1) is 15.5. The summed E-state index contributed by atoms with van der Waals surface area (Å²) >= 11 is 0. The standard InChI is InChI=1S/C19H28N2O/c1-14-6-4-8-16(12-14)19(10-2-3-11-19)21-18(22)17-9-5-7-15(17)13-20/h4,6,8,12,15,17H,2-3,5,7,9-11,13,20H2,1H3,(H,21,22)/t15-,17-/m1/s1. The zero-order chi connectivity index (χ0) is 15.6. The van der Waals surface area contributed by atoms with E-state index >= 15 is 0 Å². The summed E-state index contributed by atoms with van der Waals surface area (Å²) in [5, 5.41) is 3.45. The van der Waals surface area contributed by atoms with E-state index in [2.05, 4.69) is 36.5 Å². The van der Waals surface area contributed by atoms with Crippen LogP contribution in [0.25, 0.3) is 0 Å². The van der Waals surface area contributed by atoms with E-state index in [9.17, 15) is 4.79 Å². The Kier molecular flexibility index (Phi) is 4.53. The highest BCUT2D eigenvalue weighted by Gasteiger charge is 2.40. The van der Waals surface area contributed by atoms with E-state index in [4.69, 9.17) is 5.73 Å². The molecule has 120 valence electrons. The van der Waals surface area contributed by atoms with Crippen molar-refractivity contribution in [1.29, 1.82) is 0 Å². The highest BCUT2D eigenvalue weighted by atomic mass is 16.2. The van der Waals surface area contributed by atoms with E-state index < -0.39 is 0 Å². The van der Waals surface area contributed by atoms with Crippen molar-refractivity contribution in [3.05, 3.63) is 35.4 Å². The summed E-state index contributed by atoms with van der Waals surface area (Å²) in [6, 6.07) is 8.64. The Hall–Kier alpha value is -1.35. The Labute approximate surface area is 133 Å². The Bertz CT molecular complexity index is 534. The molecule has 3 rings (SSSR count). The monoisotopic (exact) mass is 300 g/mol. The fourth-order valence-electron chi connectivity index (χ4n) is 4.40. The van der Waals surface area contributed by atoms with Crippen molar-refractivity contribution in [3.8, 4) is 0 Å². The normalized spacial score (nSPS) is 27.0. The van der Waals surface area contributed by atoms with Crippen molar-refractivity contribution in [2.45, 2.75) is 57.4 Å². The van der Waals surface area contributed by atoms with Crippen LogP contribution in [-0.4, -0.2) is 12.5 Å². The van der Waals surface area contributed by atoms with E-state index in [0.29, 0.717) is 12.5 Å². The minimum Gasteiger partial charge on any atom is -0.346 e. The van der Waals surface area contributed by atoms with Gasteiger partial charge in [0, 0.05) is 5.92 Å². The van der Waals surface area contributed by atoms with Crippen LogP contribution in [0.3, 0.4) is 0 Å². The molecule has 22 heavy (non-hydrogen) atoms. The summed E-state index contributed by atoms with van der Waals surface area (Å²) in [6.07, 6.45) is 7.74. The van der Waals surface area contributed by atoms with Crippen molar-refractivity contribution in [1.82, 2.24) is 5.32 Å². The van der Waals surface area contributed by atoms with Gasteiger partial charge in [0.1, 0.15) is 0 Å². The molecule has 0 saturated heterocycles. The number of nitrogens with two attached hydrogens (primary N) is 1. The molecular weight excluding hydrogens is 272 g/mol. The maximum absolute atomic E-state index is 12.9. The predicted molar refractivity (Wildman–Crippen MR) is 89.4 cm³/mol. The second-order valence-corrected chi connectivity index (χ2v) is 7.18. The van der Waals surface area contributed by atoms with Gasteiger partial charge < -0.3 is 11.1 Å². The molecule has 0 spiro atoms. The second kappa shape index (κ2) is 6.41. The minimum atomic E-state index is -0.148. The Balaban J connectivity index is 1.81. The molecule has 0 bridgehead atoms. The van der Waals surface area contributed by atoms with E-state index in [1.54, 1.807) is 0 Å². The maximum atomic E-state index is 12.9. The molecule has 2 saturated carbocycles. The molecule has 2 aliphatic carbocycles. The van der Waals surface area contributed by atoms with E-state index in [1.165, 1.54) is 24.0 Å². The highest BCUT2D eigenvalue weighted by molar-refractivity contribution is 5.80. The van der Waals surface area contributed by atoms with Gasteiger partial charge in [-0.3, -0.25) is 4.79 Å². The highest BCUT2D eigenvalue weighted by Crippen LogP contribution is 2.40. The molecule has 0 unspecified atom stereocenters. The van der Waals surface area contributed by atoms with Gasteiger partial charge in [0.25, 0.3) is 0 Å². The van der Waals surface area contributed by atoms with Crippen LogP contribution in [0.2, 0.25) is 0 Å². The van der Waals surface area contributed by atoms with Crippen molar-refractivity contribution in [3.63, 3.8) is 0 Å². The largest absolute Gasteiger partial charge is 0.346 e. The van der Waals surface area contributed by atoms with Crippen molar-refractivity contribution < 1.29 is 4.79 Å². The zero-order valence-corrected chi connectivity index (χ0v) is 13.6. The summed E-state index contributed by atoms with van der Waals surface area (Å²) in [4.78, 5) is 12.9. The number of benzene rings is 1. The topological polar surface area (TPSA) is 55.1 Å². The van der Waals surface area contributed by atoms with Crippen LogP contribution in [0.15, 0.2) is 24.3 Å². The third kappa shape index (κ3) is 2.91. The molecule has 0 radical (unpaired) electrons. The van der Waals surface area contributed by atoms with Gasteiger partial charge in [0.2, 0.25) is 5.91 Å². The van der Waals surface area contributed by atoms with Crippen LogP contribution in [0.4, 0.5) is 0 Å². The number of nitrogens with one attached hydrogen (secondary N) is 1. The molecule has 2 aliphatic rings. The van der Waals surface area contributed by atoms with Gasteiger partial charge in [0.15, 0.2) is 0 Å². The molecule has 3 heteroatoms. The van der Waals surface area contributed by atoms with Gasteiger partial charge in [-0.1, -0.05) is 49.1 Å². The molecule has 3 nitrogen and oxygen atoms in total. The average Bonchev–Trinajstić information content (AvgIpc) is 3.16. The number of rotatable bonds is 4. The van der Waals surface area contributed by atoms with E-state index in [-0.39, 0.29) is 17.4 Å². The van der Waals surface area contributed by atoms with E-state index in [1.807, 2.05) is 0 Å². The molecule has 1 aromatic carbocycles. The molecule has 1 amide bonds. The van der Waals surface area contributed by atoms with Crippen LogP contribution in [-0.2, 0) is 10.3 Å². The summed E-state index contributed by atoms with van der Waals surface area (Å²) in [5.41, 5.74) is 8.25. The first-order valence-corrected chi connectivity index (χ1v) is 8.74. The van der Waals surface area contributed by atoms with Crippen LogP contribution in [0, 0.1) is 18.8 Å². The predicted octanol–water partition coefficient (Wildman–Crippen LogP) is 3.26. The summed E-state index contributed by atoms with van der Waals surface area (Å²) in [5.74, 6) is 0.722. The second-order valence-electron chi connectivity index (χ2n) is 7.18. The molecule has 2 atom stereocenters. The van der Waals surface area contributed by atoms with Crippen molar-refractivity contribution in [2.24, 2.45) is 17.6 Å². The van der Waals surface area contributed by atoms with E-state index in [0.717, 1.165) is 32.1 Å². The molecular formula is C19H28N2O. The van der Waals surface area contributed by atoms with Gasteiger partial charge in [-0.15, -0.1) is 0 Å². The number of aryl methyl sites for hydroxylation is 1. The summed E-state index contributed by atoms with van der Waals surface area (Å²) < 4.78 is 0. The minimum absolute atomic E-state index is 0.118. The number of hydrogen-bond acceptors (Lipinski definition) is 2. The zero-order valence-electron chi connectivity index (χ0n) is 13.6. The Morgan fingerprint density at radius 1 is 1.27 bits per heavy atom. The van der Waals surface area contributed by atoms with Crippen LogP contribution in [0.1, 0.15) is 56.1 Å². The van der Waals surface area contributed by atoms with Gasteiger partial charge in [0.05, 0.1) is 5.54 Å². The number of carbonyl (C=O) groups excluding carboxylic acids is 1. The average molecular weight is 300 g/mol. The van der Waals surface area contributed by atoms with Gasteiger partial charge in [-0.2, -0.15) is 0 Å². The summed E-state index contributed by atoms with van der Waals surface area (Å²) in [7, 11) is 0. The molecule has 1 aromatic rings. The lowest BCUT2D eigenvalue weighted by molar-refractivity contribution is -0.128. The molecule has 0 aliphatic heterocycles. The van der Waals surface area contributed by atoms with Crippen LogP contribution < -0.4 is 11.1 Å². The lowest BCUT2D eigenvalue weighted by Gasteiger charge is -2.33. The molecule has 0 aromatic heterocycles. The lowest BCUT2D eigenvalue weighted by Crippen LogP contribution is -2.47. The number of carbonyl (C=O) groups is 1. The number of hydrogen-bond donors (Lipinski definition) is 2. The summed E-state index contributed by atoms with van der Waals surface area (Å²) in [6.45, 7) is 2.75. The van der Waals surface area contributed by atoms with Gasteiger partial charge in [-0.25, -0.2) is 0 Å². The molecule has 3 N–H and O–H groups in total. The van der Waals surface area contributed by atoms with Crippen molar-refractivity contribution >= 4 is 5.91 Å². The number of amides is 1. The van der Waals surface area contributed by atoms with Gasteiger partial charge >= 0.3 is 0 Å². The third-order valence-corrected chi connectivity index (χ3v) is 5.69. The third-order valence-electron chi connectivity index (χ3n) is 5.69. The quantitative estimate of drug-likeness (QED) is 0.897. The SMILES string of the molecule is Cc1cccc(C2(NC(=O)[C@@H]3CCC[C@@H]3CN)CCCC2)c1. The molecule has 0 heterocycles. The first-order chi connectivity index (χ1) is 10.6. The molecule has 2 fully saturated rings. The maximum Gasteiger partial charge on any atom is 0.224 e. The fraction of sp³-hybridized carbons (Fsp3) is 0.632. The van der Waals surface area contributed by atoms with Crippen LogP contribution in [0.5, 0.6) is 0 Å². The van der Waals surface area contributed by atoms with Gasteiger partial charge in [-0.05, 0) is 50.6 Å². The van der Waals surface area contributed by atoms with Crippen molar-refractivity contribution in [2.75, 3.05) is 6.54 Å². The first-order valence-electron chi connectivity index (χ1n) is 8.74. The smallest absolute Gasteiger partial charge is 0.224 e. The fourth-order valence-corrected chi connectivity index (χ4v) is 4.40. The lowest BCUT2D eigenvalue weighted by atomic mass is 9.85.